The molecule has 0 atom stereocenters. The molecule has 0 bridgehead atoms. The fourth-order valence-corrected chi connectivity index (χ4v) is 2.30. The molecule has 5 heteroatoms. The van der Waals surface area contributed by atoms with E-state index in [1.165, 1.54) is 5.56 Å². The van der Waals surface area contributed by atoms with Crippen LogP contribution < -0.4 is 10.6 Å². The maximum Gasteiger partial charge on any atom is 0.270 e. The monoisotopic (exact) mass is 318 g/mol. The van der Waals surface area contributed by atoms with E-state index in [4.69, 9.17) is 0 Å². The number of hydrogen-bond donors (Lipinski definition) is 2. The van der Waals surface area contributed by atoms with E-state index in [-0.39, 0.29) is 5.91 Å². The van der Waals surface area contributed by atoms with Gasteiger partial charge in [0.2, 0.25) is 0 Å². The molecule has 2 heterocycles. The zero-order valence-corrected chi connectivity index (χ0v) is 13.4. The first-order chi connectivity index (χ1) is 11.7. The van der Waals surface area contributed by atoms with Gasteiger partial charge < -0.3 is 10.6 Å². The van der Waals surface area contributed by atoms with Crippen molar-refractivity contribution in [3.8, 4) is 0 Å². The number of carbonyl (C=O) groups is 1. The van der Waals surface area contributed by atoms with Crippen LogP contribution in [-0.2, 0) is 6.54 Å². The number of nitrogens with zero attached hydrogens (tertiary/aromatic N) is 2. The lowest BCUT2D eigenvalue weighted by Gasteiger charge is -2.09. The molecule has 1 aromatic carbocycles. The second kappa shape index (κ2) is 7.37. The predicted octanol–water partition coefficient (Wildman–Crippen LogP) is 3.46. The van der Waals surface area contributed by atoms with Gasteiger partial charge in [0.1, 0.15) is 5.69 Å². The molecule has 0 aliphatic carbocycles. The maximum atomic E-state index is 12.3. The molecule has 0 fully saturated rings. The van der Waals surface area contributed by atoms with Crippen molar-refractivity contribution < 1.29 is 4.79 Å². The van der Waals surface area contributed by atoms with Crippen molar-refractivity contribution in [2.45, 2.75) is 13.5 Å². The molecular formula is C19H18N4O. The van der Waals surface area contributed by atoms with Crippen LogP contribution in [0.25, 0.3) is 0 Å². The number of carbonyl (C=O) groups excluding carboxylic acids is 1. The lowest BCUT2D eigenvalue weighted by atomic mass is 10.2. The van der Waals surface area contributed by atoms with Gasteiger partial charge in [-0.2, -0.15) is 0 Å². The number of rotatable bonds is 5. The second-order valence-corrected chi connectivity index (χ2v) is 5.46. The summed E-state index contributed by atoms with van der Waals surface area (Å²) in [6.45, 7) is 2.48. The van der Waals surface area contributed by atoms with Crippen molar-refractivity contribution in [3.05, 3.63) is 83.9 Å². The molecule has 2 aromatic heterocycles. The Kier molecular flexibility index (Phi) is 4.81. The Morgan fingerprint density at radius 2 is 1.79 bits per heavy atom. The summed E-state index contributed by atoms with van der Waals surface area (Å²) in [7, 11) is 0. The minimum Gasteiger partial charge on any atom is -0.355 e. The molecule has 0 aliphatic heterocycles. The Balaban J connectivity index is 1.67. The first-order valence-electron chi connectivity index (χ1n) is 7.67. The number of benzene rings is 1. The van der Waals surface area contributed by atoms with Crippen LogP contribution >= 0.6 is 0 Å². The highest BCUT2D eigenvalue weighted by molar-refractivity contribution is 5.93. The number of aryl methyl sites for hydroxylation is 1. The number of anilines is 2. The van der Waals surface area contributed by atoms with Gasteiger partial charge in [-0.1, -0.05) is 12.1 Å². The van der Waals surface area contributed by atoms with Crippen LogP contribution in [0.15, 0.2) is 67.1 Å². The smallest absolute Gasteiger partial charge is 0.270 e. The lowest BCUT2D eigenvalue weighted by molar-refractivity contribution is 0.0946. The summed E-state index contributed by atoms with van der Waals surface area (Å²) in [5.74, 6) is -0.209. The number of hydrogen-bond acceptors (Lipinski definition) is 4. The summed E-state index contributed by atoms with van der Waals surface area (Å²) in [5.41, 5.74) is 4.34. The van der Waals surface area contributed by atoms with Crippen LogP contribution in [0.5, 0.6) is 0 Å². The average molecular weight is 318 g/mol. The Morgan fingerprint density at radius 1 is 1.00 bits per heavy atom. The zero-order valence-electron chi connectivity index (χ0n) is 13.4. The van der Waals surface area contributed by atoms with E-state index in [0.29, 0.717) is 12.2 Å². The Morgan fingerprint density at radius 3 is 2.58 bits per heavy atom. The summed E-state index contributed by atoms with van der Waals surface area (Å²) >= 11 is 0. The van der Waals surface area contributed by atoms with Gasteiger partial charge >= 0.3 is 0 Å². The van der Waals surface area contributed by atoms with Crippen LogP contribution in [0.3, 0.4) is 0 Å². The molecule has 2 N–H and O–H groups in total. The number of pyridine rings is 2. The minimum atomic E-state index is -0.209. The molecular weight excluding hydrogens is 300 g/mol. The number of amides is 1. The third-order valence-corrected chi connectivity index (χ3v) is 3.50. The summed E-state index contributed by atoms with van der Waals surface area (Å²) < 4.78 is 0. The number of aromatic nitrogens is 2. The Labute approximate surface area is 140 Å². The van der Waals surface area contributed by atoms with E-state index in [2.05, 4.69) is 20.6 Å². The fourth-order valence-electron chi connectivity index (χ4n) is 2.30. The van der Waals surface area contributed by atoms with E-state index in [9.17, 15) is 4.79 Å². The first kappa shape index (κ1) is 15.7. The van der Waals surface area contributed by atoms with Gasteiger partial charge in [-0.05, 0) is 54.4 Å². The van der Waals surface area contributed by atoms with E-state index in [1.807, 2.05) is 49.4 Å². The van der Waals surface area contributed by atoms with Gasteiger partial charge in [-0.15, -0.1) is 0 Å². The van der Waals surface area contributed by atoms with Gasteiger partial charge in [0, 0.05) is 36.5 Å². The lowest BCUT2D eigenvalue weighted by Crippen LogP contribution is -2.23. The Bertz CT molecular complexity index is 834. The number of nitrogens with one attached hydrogen (secondary N) is 2. The summed E-state index contributed by atoms with van der Waals surface area (Å²) in [5, 5.41) is 6.14. The van der Waals surface area contributed by atoms with Crippen LogP contribution in [0, 0.1) is 6.92 Å². The topological polar surface area (TPSA) is 66.9 Å². The average Bonchev–Trinajstić information content (AvgIpc) is 2.61. The molecule has 0 radical (unpaired) electrons. The second-order valence-electron chi connectivity index (χ2n) is 5.46. The molecule has 3 rings (SSSR count). The molecule has 3 aromatic rings. The first-order valence-corrected chi connectivity index (χ1v) is 7.67. The molecule has 120 valence electrons. The molecule has 0 spiro atoms. The minimum absolute atomic E-state index is 0.209. The van der Waals surface area contributed by atoms with Crippen molar-refractivity contribution >= 4 is 17.3 Å². The van der Waals surface area contributed by atoms with Crippen LogP contribution in [-0.4, -0.2) is 15.9 Å². The van der Waals surface area contributed by atoms with Gasteiger partial charge in [-0.3, -0.25) is 14.8 Å². The van der Waals surface area contributed by atoms with Crippen LogP contribution in [0.2, 0.25) is 0 Å². The quantitative estimate of drug-likeness (QED) is 0.756. The Hall–Kier alpha value is -3.21. The zero-order chi connectivity index (χ0) is 16.8. The molecule has 0 saturated carbocycles. The predicted molar refractivity (Wildman–Crippen MR) is 94.1 cm³/mol. The third kappa shape index (κ3) is 4.16. The van der Waals surface area contributed by atoms with Crippen LogP contribution in [0.1, 0.15) is 21.6 Å². The maximum absolute atomic E-state index is 12.3. The van der Waals surface area contributed by atoms with E-state index < -0.39 is 0 Å². The van der Waals surface area contributed by atoms with E-state index in [0.717, 1.165) is 16.9 Å². The van der Waals surface area contributed by atoms with E-state index in [1.54, 1.807) is 24.7 Å². The fraction of sp³-hybridized carbons (Fsp3) is 0.105. The molecule has 0 unspecified atom stereocenters. The molecule has 0 aliphatic rings. The molecule has 0 saturated heterocycles. The highest BCUT2D eigenvalue weighted by Gasteiger charge is 2.08. The van der Waals surface area contributed by atoms with Crippen molar-refractivity contribution in [2.24, 2.45) is 0 Å². The van der Waals surface area contributed by atoms with Crippen LogP contribution in [0.4, 0.5) is 11.4 Å². The standard InChI is InChI=1S/C19H18N4O/c1-14-3-2-4-16(11-14)23-17-7-10-21-18(12-17)19(24)22-13-15-5-8-20-9-6-15/h2-12H,13H2,1H3,(H,21,23)(H,22,24). The van der Waals surface area contributed by atoms with Crippen molar-refractivity contribution in [3.63, 3.8) is 0 Å². The summed E-state index contributed by atoms with van der Waals surface area (Å²) in [6.07, 6.45) is 5.03. The molecule has 5 nitrogen and oxygen atoms in total. The largest absolute Gasteiger partial charge is 0.355 e. The van der Waals surface area contributed by atoms with Crippen molar-refractivity contribution in [2.75, 3.05) is 5.32 Å². The molecule has 24 heavy (non-hydrogen) atoms. The van der Waals surface area contributed by atoms with Gasteiger partial charge in [0.25, 0.3) is 5.91 Å². The van der Waals surface area contributed by atoms with Crippen molar-refractivity contribution in [1.82, 2.24) is 15.3 Å². The highest BCUT2D eigenvalue weighted by Crippen LogP contribution is 2.17. The molecule has 1 amide bonds. The van der Waals surface area contributed by atoms with E-state index >= 15 is 0 Å². The van der Waals surface area contributed by atoms with Gasteiger partial charge in [0.05, 0.1) is 0 Å². The summed E-state index contributed by atoms with van der Waals surface area (Å²) in [4.78, 5) is 20.4. The third-order valence-electron chi connectivity index (χ3n) is 3.50. The van der Waals surface area contributed by atoms with Gasteiger partial charge in [0.15, 0.2) is 0 Å². The normalized spacial score (nSPS) is 10.2. The van der Waals surface area contributed by atoms with Crippen molar-refractivity contribution in [1.29, 1.82) is 0 Å². The SMILES string of the molecule is Cc1cccc(Nc2ccnc(C(=O)NCc3ccncc3)c2)c1. The summed E-state index contributed by atoms with van der Waals surface area (Å²) in [6, 6.07) is 15.4. The highest BCUT2D eigenvalue weighted by atomic mass is 16.1. The van der Waals surface area contributed by atoms with Gasteiger partial charge in [-0.25, -0.2) is 0 Å².